The van der Waals surface area contributed by atoms with E-state index in [0.29, 0.717) is 51.1 Å². The number of pyridine rings is 1. The number of aromatic nitrogens is 2. The van der Waals surface area contributed by atoms with Gasteiger partial charge in [-0.2, -0.15) is 0 Å². The van der Waals surface area contributed by atoms with Crippen LogP contribution in [0.4, 0.5) is 4.79 Å². The summed E-state index contributed by atoms with van der Waals surface area (Å²) in [6, 6.07) is 7.64. The van der Waals surface area contributed by atoms with Crippen LogP contribution in [-0.2, 0) is 46.4 Å². The second kappa shape index (κ2) is 19.6. The number of nitrogens with zero attached hydrogens (tertiary/aromatic N) is 6. The van der Waals surface area contributed by atoms with Gasteiger partial charge in [0.05, 0.1) is 48.2 Å². The summed E-state index contributed by atoms with van der Waals surface area (Å²) in [6.07, 6.45) is 3.23. The molecule has 346 valence electrons. The number of likely N-dealkylation sites (tertiary alicyclic amines) is 1. The van der Waals surface area contributed by atoms with Gasteiger partial charge in [-0.15, -0.1) is 11.8 Å². The topological polar surface area (TPSA) is 177 Å². The van der Waals surface area contributed by atoms with Crippen LogP contribution >= 0.6 is 11.8 Å². The lowest BCUT2D eigenvalue weighted by Gasteiger charge is -2.37. The first-order valence-electron chi connectivity index (χ1n) is 22.5. The molecular formula is C47H64N8O8S. The van der Waals surface area contributed by atoms with Crippen molar-refractivity contribution in [3.05, 3.63) is 53.3 Å². The number of ether oxygens (including phenoxy) is 3. The van der Waals surface area contributed by atoms with Crippen molar-refractivity contribution in [2.24, 2.45) is 22.2 Å². The van der Waals surface area contributed by atoms with Gasteiger partial charge in [-0.3, -0.25) is 34.2 Å². The fraction of sp³-hybridized carbons (Fsp3) is 0.596. The summed E-state index contributed by atoms with van der Waals surface area (Å²) in [4.78, 5) is 81.9. The van der Waals surface area contributed by atoms with Crippen LogP contribution in [0.3, 0.4) is 0 Å². The fourth-order valence-corrected chi connectivity index (χ4v) is 10.8. The van der Waals surface area contributed by atoms with E-state index in [1.165, 1.54) is 21.9 Å². The van der Waals surface area contributed by atoms with Gasteiger partial charge in [-0.1, -0.05) is 33.8 Å². The van der Waals surface area contributed by atoms with Crippen molar-refractivity contribution in [1.29, 1.82) is 0 Å². The summed E-state index contributed by atoms with van der Waals surface area (Å²) >= 11 is 1.56. The van der Waals surface area contributed by atoms with E-state index >= 15 is 0 Å². The van der Waals surface area contributed by atoms with Crippen molar-refractivity contribution in [1.82, 2.24) is 35.1 Å². The molecule has 2 aromatic heterocycles. The first-order chi connectivity index (χ1) is 30.5. The molecule has 0 radical (unpaired) electrons. The van der Waals surface area contributed by atoms with Crippen LogP contribution in [0, 0.1) is 17.3 Å². The van der Waals surface area contributed by atoms with Gasteiger partial charge in [-0.05, 0) is 80.8 Å². The quantitative estimate of drug-likeness (QED) is 0.253. The van der Waals surface area contributed by atoms with Gasteiger partial charge in [0.1, 0.15) is 18.1 Å². The van der Waals surface area contributed by atoms with E-state index in [9.17, 15) is 24.0 Å². The molecule has 2 fully saturated rings. The molecule has 4 amide bonds. The molecule has 2 saturated heterocycles. The Bertz CT molecular complexity index is 2290. The highest BCUT2D eigenvalue weighted by Gasteiger charge is 2.41. The monoisotopic (exact) mass is 900 g/mol. The Balaban J connectivity index is 1.25. The van der Waals surface area contributed by atoms with E-state index in [-0.39, 0.29) is 43.5 Å². The van der Waals surface area contributed by atoms with Gasteiger partial charge >= 0.3 is 12.1 Å². The molecule has 2 N–H and O–H groups in total. The molecule has 17 heteroatoms. The molecule has 7 rings (SSSR count). The number of carbonyl (C=O) groups excluding carboxylic acids is 5. The third-order valence-corrected chi connectivity index (χ3v) is 14.1. The number of hydrazine groups is 1. The summed E-state index contributed by atoms with van der Waals surface area (Å²) in [5, 5.41) is 6.27. The molecule has 64 heavy (non-hydrogen) atoms. The second-order valence-electron chi connectivity index (χ2n) is 18.6. The summed E-state index contributed by atoms with van der Waals surface area (Å²) in [6.45, 7) is 13.8. The lowest BCUT2D eigenvalue weighted by Crippen LogP contribution is -2.62. The molecule has 0 spiro atoms. The first-order valence-corrected chi connectivity index (χ1v) is 23.5. The number of hydrogen-bond donors (Lipinski definition) is 2. The number of aliphatic imine (C=N–C) groups is 1. The highest BCUT2D eigenvalue weighted by molar-refractivity contribution is 8.14. The Morgan fingerprint density at radius 3 is 2.61 bits per heavy atom. The second-order valence-corrected chi connectivity index (χ2v) is 19.7. The SMILES string of the molecule is CCn1c(-c2cccnc2[C@H](C)OC)c2c3cc(ccc31)C1CSC(=N1)C[C@H](NC(=O)[C@H](C(C)C)N(C)C(=O)[C@H]1CCN(C(=O)OC)C1)C(=O)N1CCC[C@H](N1)C(=O)OCC(C)(C)C2. The third kappa shape index (κ3) is 9.66. The average molecular weight is 901 g/mol. The van der Waals surface area contributed by atoms with Gasteiger partial charge in [0, 0.05) is 80.6 Å². The molecule has 6 heterocycles. The predicted molar refractivity (Wildman–Crippen MR) is 245 cm³/mol. The first kappa shape index (κ1) is 47.0. The molecule has 4 aliphatic heterocycles. The molecular weight excluding hydrogens is 837 g/mol. The maximum absolute atomic E-state index is 14.6. The van der Waals surface area contributed by atoms with Crippen molar-refractivity contribution in [2.75, 3.05) is 53.3 Å². The van der Waals surface area contributed by atoms with Gasteiger partial charge < -0.3 is 33.9 Å². The molecule has 1 unspecified atom stereocenters. The Morgan fingerprint density at radius 2 is 1.89 bits per heavy atom. The molecule has 6 bridgehead atoms. The van der Waals surface area contributed by atoms with Gasteiger partial charge in [0.2, 0.25) is 11.8 Å². The number of esters is 1. The molecule has 6 atom stereocenters. The lowest BCUT2D eigenvalue weighted by atomic mass is 9.84. The highest BCUT2D eigenvalue weighted by Crippen LogP contribution is 2.42. The van der Waals surface area contributed by atoms with Crippen molar-refractivity contribution in [3.63, 3.8) is 0 Å². The van der Waals surface area contributed by atoms with E-state index in [1.54, 1.807) is 32.1 Å². The maximum atomic E-state index is 14.6. The summed E-state index contributed by atoms with van der Waals surface area (Å²) in [5.74, 6) is -1.75. The van der Waals surface area contributed by atoms with Crippen LogP contribution in [-0.4, -0.2) is 131 Å². The number of methoxy groups -OCH3 is 2. The van der Waals surface area contributed by atoms with Crippen LogP contribution in [0.2, 0.25) is 0 Å². The van der Waals surface area contributed by atoms with Crippen molar-refractivity contribution in [2.45, 2.75) is 110 Å². The zero-order valence-electron chi connectivity index (χ0n) is 38.6. The normalized spacial score (nSPS) is 23.6. The van der Waals surface area contributed by atoms with Crippen molar-refractivity contribution >= 4 is 57.5 Å². The number of fused-ring (bicyclic) bond motifs is 5. The van der Waals surface area contributed by atoms with Gasteiger partial charge in [0.25, 0.3) is 5.91 Å². The summed E-state index contributed by atoms with van der Waals surface area (Å²) in [7, 11) is 4.59. The standard InChI is InChI=1S/C47H64N8O8S/c1-10-54-37-16-15-29-21-32(37)33(41(54)31-13-11-18-48-39(31)28(4)61-8)23-47(5,6)26-63-45(59)34-14-12-19-55(51-34)44(58)35(22-38-49-36(29)25-64-38)50-42(56)40(27(2)3)52(7)43(57)30-17-20-53(24-30)46(60)62-9/h11,13,15-16,18,21,27-28,30,34-36,40,51H,10,12,14,17,19-20,22-26H2,1-9H3,(H,50,56)/t28-,30-,34-,35-,36?,40-/m0/s1. The van der Waals surface area contributed by atoms with Crippen LogP contribution < -0.4 is 10.7 Å². The van der Waals surface area contributed by atoms with Crippen molar-refractivity contribution in [3.8, 4) is 11.3 Å². The van der Waals surface area contributed by atoms with Gasteiger partial charge in [-0.25, -0.2) is 10.2 Å². The number of amides is 4. The summed E-state index contributed by atoms with van der Waals surface area (Å²) in [5.41, 5.74) is 8.76. The zero-order valence-corrected chi connectivity index (χ0v) is 39.5. The van der Waals surface area contributed by atoms with E-state index in [2.05, 4.69) is 60.3 Å². The smallest absolute Gasteiger partial charge is 0.409 e. The highest BCUT2D eigenvalue weighted by atomic mass is 32.2. The Kier molecular flexibility index (Phi) is 14.4. The van der Waals surface area contributed by atoms with Gasteiger partial charge in [0.15, 0.2) is 0 Å². The number of carbonyl (C=O) groups is 5. The zero-order chi connectivity index (χ0) is 46.0. The molecule has 4 aliphatic rings. The van der Waals surface area contributed by atoms with Crippen LogP contribution in [0.5, 0.6) is 0 Å². The summed E-state index contributed by atoms with van der Waals surface area (Å²) < 4.78 is 19.1. The minimum atomic E-state index is -1.05. The van der Waals surface area contributed by atoms with Crippen molar-refractivity contribution < 1.29 is 38.2 Å². The van der Waals surface area contributed by atoms with E-state index in [0.717, 1.165) is 44.0 Å². The number of thioether (sulfide) groups is 1. The number of benzene rings is 1. The number of likely N-dealkylation sites (N-methyl/N-ethyl adjacent to an activating group) is 1. The maximum Gasteiger partial charge on any atom is 0.409 e. The number of aryl methyl sites for hydroxylation is 1. The number of cyclic esters (lactones) is 1. The largest absolute Gasteiger partial charge is 0.464 e. The minimum absolute atomic E-state index is 0.123. The van der Waals surface area contributed by atoms with Crippen LogP contribution in [0.15, 0.2) is 41.5 Å². The Hall–Kier alpha value is -5.00. The minimum Gasteiger partial charge on any atom is -0.464 e. The molecule has 16 nitrogen and oxygen atoms in total. The van der Waals surface area contributed by atoms with E-state index < -0.39 is 53.3 Å². The number of hydrogen-bond acceptors (Lipinski definition) is 12. The lowest BCUT2D eigenvalue weighted by molar-refractivity contribution is -0.155. The fourth-order valence-electron chi connectivity index (χ4n) is 9.66. The Morgan fingerprint density at radius 1 is 1.11 bits per heavy atom. The Labute approximate surface area is 380 Å². The third-order valence-electron chi connectivity index (χ3n) is 13.1. The molecule has 1 aromatic carbocycles. The average Bonchev–Trinajstić information content (AvgIpc) is 4.05. The molecule has 3 aromatic rings. The predicted octanol–water partition coefficient (Wildman–Crippen LogP) is 5.68. The molecule has 0 aliphatic carbocycles. The van der Waals surface area contributed by atoms with E-state index in [1.807, 2.05) is 26.8 Å². The molecule has 0 saturated carbocycles. The van der Waals surface area contributed by atoms with Crippen LogP contribution in [0.25, 0.3) is 22.2 Å². The van der Waals surface area contributed by atoms with Crippen LogP contribution in [0.1, 0.15) is 96.2 Å². The number of rotatable bonds is 9. The van der Waals surface area contributed by atoms with E-state index in [4.69, 9.17) is 24.2 Å². The number of nitrogens with one attached hydrogen (secondary N) is 2.